The third-order valence-corrected chi connectivity index (χ3v) is 3.96. The van der Waals surface area contributed by atoms with Crippen molar-refractivity contribution in [2.45, 2.75) is 39.5 Å². The van der Waals surface area contributed by atoms with Crippen LogP contribution in [0.25, 0.3) is 0 Å². The molecule has 18 heavy (non-hydrogen) atoms. The molecule has 0 saturated heterocycles. The van der Waals surface area contributed by atoms with Gasteiger partial charge in [0.05, 0.1) is 5.41 Å². The largest absolute Gasteiger partial charge is 0.329 e. The molecule has 1 aromatic rings. The standard InChI is InChI=1S/C15H22N2O/c1-3-11-6-5-7-12(4-2)13(11)17-14(18)15(10-16)8-9-15/h5-7H,3-4,8-10,16H2,1-2H3,(H,17,18). The van der Waals surface area contributed by atoms with Gasteiger partial charge in [-0.3, -0.25) is 4.79 Å². The van der Waals surface area contributed by atoms with Crippen molar-refractivity contribution >= 4 is 11.6 Å². The molecule has 1 aromatic carbocycles. The van der Waals surface area contributed by atoms with Crippen LogP contribution in [0.5, 0.6) is 0 Å². The van der Waals surface area contributed by atoms with Gasteiger partial charge in [-0.05, 0) is 36.8 Å². The molecule has 1 fully saturated rings. The van der Waals surface area contributed by atoms with Crippen LogP contribution < -0.4 is 11.1 Å². The summed E-state index contributed by atoms with van der Waals surface area (Å²) in [7, 11) is 0. The number of para-hydroxylation sites is 1. The number of nitrogens with two attached hydrogens (primary N) is 1. The molecule has 0 aliphatic heterocycles. The van der Waals surface area contributed by atoms with Gasteiger partial charge in [-0.25, -0.2) is 0 Å². The number of anilines is 1. The van der Waals surface area contributed by atoms with E-state index in [1.54, 1.807) is 0 Å². The zero-order chi connectivity index (χ0) is 13.2. The fraction of sp³-hybridized carbons (Fsp3) is 0.533. The quantitative estimate of drug-likeness (QED) is 0.838. The number of carbonyl (C=O) groups excluding carboxylic acids is 1. The summed E-state index contributed by atoms with van der Waals surface area (Å²) in [6, 6.07) is 6.22. The number of nitrogens with one attached hydrogen (secondary N) is 1. The molecule has 0 spiro atoms. The predicted molar refractivity (Wildman–Crippen MR) is 74.5 cm³/mol. The zero-order valence-corrected chi connectivity index (χ0v) is 11.3. The Hall–Kier alpha value is -1.35. The lowest BCUT2D eigenvalue weighted by Crippen LogP contribution is -2.31. The number of hydrogen-bond acceptors (Lipinski definition) is 2. The number of amides is 1. The predicted octanol–water partition coefficient (Wildman–Crippen LogP) is 2.49. The Bertz CT molecular complexity index is 428. The van der Waals surface area contributed by atoms with Crippen LogP contribution in [-0.2, 0) is 17.6 Å². The maximum Gasteiger partial charge on any atom is 0.231 e. The molecule has 1 amide bonds. The van der Waals surface area contributed by atoms with E-state index in [4.69, 9.17) is 5.73 Å². The molecule has 1 aliphatic rings. The van der Waals surface area contributed by atoms with Crippen molar-refractivity contribution in [3.63, 3.8) is 0 Å². The minimum atomic E-state index is -0.286. The molecule has 0 aromatic heterocycles. The molecular weight excluding hydrogens is 224 g/mol. The van der Waals surface area contributed by atoms with Crippen molar-refractivity contribution in [1.29, 1.82) is 0 Å². The second-order valence-electron chi connectivity index (χ2n) is 5.10. The second-order valence-corrected chi connectivity index (χ2v) is 5.10. The van der Waals surface area contributed by atoms with Crippen molar-refractivity contribution in [3.8, 4) is 0 Å². The third kappa shape index (κ3) is 2.27. The van der Waals surface area contributed by atoms with Crippen LogP contribution in [0.1, 0.15) is 37.8 Å². The van der Waals surface area contributed by atoms with Crippen molar-refractivity contribution < 1.29 is 4.79 Å². The first kappa shape index (κ1) is 13.1. The van der Waals surface area contributed by atoms with Crippen LogP contribution in [0.2, 0.25) is 0 Å². The average molecular weight is 246 g/mol. The normalized spacial score (nSPS) is 16.4. The highest BCUT2D eigenvalue weighted by molar-refractivity contribution is 5.98. The molecule has 3 heteroatoms. The molecule has 1 saturated carbocycles. The molecule has 1 aliphatic carbocycles. The van der Waals surface area contributed by atoms with Gasteiger partial charge < -0.3 is 11.1 Å². The van der Waals surface area contributed by atoms with Crippen molar-refractivity contribution in [1.82, 2.24) is 0 Å². The Morgan fingerprint density at radius 1 is 1.28 bits per heavy atom. The lowest BCUT2D eigenvalue weighted by molar-refractivity contribution is -0.120. The number of rotatable bonds is 5. The van der Waals surface area contributed by atoms with Crippen LogP contribution >= 0.6 is 0 Å². The summed E-state index contributed by atoms with van der Waals surface area (Å²) in [5, 5.41) is 3.12. The summed E-state index contributed by atoms with van der Waals surface area (Å²) >= 11 is 0. The zero-order valence-electron chi connectivity index (χ0n) is 11.3. The van der Waals surface area contributed by atoms with Gasteiger partial charge in [0, 0.05) is 12.2 Å². The molecule has 3 nitrogen and oxygen atoms in total. The third-order valence-electron chi connectivity index (χ3n) is 3.96. The van der Waals surface area contributed by atoms with E-state index in [2.05, 4.69) is 37.4 Å². The van der Waals surface area contributed by atoms with E-state index >= 15 is 0 Å². The highest BCUT2D eigenvalue weighted by Gasteiger charge is 2.48. The minimum Gasteiger partial charge on any atom is -0.329 e. The van der Waals surface area contributed by atoms with E-state index in [0.717, 1.165) is 31.4 Å². The summed E-state index contributed by atoms with van der Waals surface area (Å²) in [5.74, 6) is 0.0978. The first-order chi connectivity index (χ1) is 8.66. The van der Waals surface area contributed by atoms with Crippen LogP contribution in [0.15, 0.2) is 18.2 Å². The first-order valence-electron chi connectivity index (χ1n) is 6.79. The molecule has 0 atom stereocenters. The van der Waals surface area contributed by atoms with Crippen LogP contribution in [-0.4, -0.2) is 12.5 Å². The molecule has 98 valence electrons. The Labute approximate surface area is 109 Å². The van der Waals surface area contributed by atoms with Gasteiger partial charge in [-0.15, -0.1) is 0 Å². The van der Waals surface area contributed by atoms with E-state index in [-0.39, 0.29) is 11.3 Å². The van der Waals surface area contributed by atoms with Crippen LogP contribution in [0.3, 0.4) is 0 Å². The number of hydrogen-bond donors (Lipinski definition) is 2. The lowest BCUT2D eigenvalue weighted by atomic mass is 10.0. The topological polar surface area (TPSA) is 55.1 Å². The molecule has 2 rings (SSSR count). The van der Waals surface area contributed by atoms with Gasteiger partial charge >= 0.3 is 0 Å². The van der Waals surface area contributed by atoms with Gasteiger partial charge in [-0.1, -0.05) is 32.0 Å². The van der Waals surface area contributed by atoms with Crippen molar-refractivity contribution in [2.75, 3.05) is 11.9 Å². The molecule has 0 unspecified atom stereocenters. The maximum atomic E-state index is 12.3. The highest BCUT2D eigenvalue weighted by atomic mass is 16.2. The van der Waals surface area contributed by atoms with Gasteiger partial charge in [0.1, 0.15) is 0 Å². The summed E-state index contributed by atoms with van der Waals surface area (Å²) < 4.78 is 0. The summed E-state index contributed by atoms with van der Waals surface area (Å²) in [6.45, 7) is 4.68. The summed E-state index contributed by atoms with van der Waals surface area (Å²) in [4.78, 5) is 12.3. The van der Waals surface area contributed by atoms with Crippen molar-refractivity contribution in [3.05, 3.63) is 29.3 Å². The number of aryl methyl sites for hydroxylation is 2. The first-order valence-corrected chi connectivity index (χ1v) is 6.79. The van der Waals surface area contributed by atoms with Crippen molar-refractivity contribution in [2.24, 2.45) is 11.1 Å². The highest BCUT2D eigenvalue weighted by Crippen LogP contribution is 2.45. The van der Waals surface area contributed by atoms with Gasteiger partial charge in [0.25, 0.3) is 0 Å². The monoisotopic (exact) mass is 246 g/mol. The molecule has 3 N–H and O–H groups in total. The minimum absolute atomic E-state index is 0.0978. The van der Waals surface area contributed by atoms with E-state index < -0.39 is 0 Å². The molecule has 0 radical (unpaired) electrons. The Morgan fingerprint density at radius 2 is 1.83 bits per heavy atom. The number of carbonyl (C=O) groups is 1. The Kier molecular flexibility index (Phi) is 3.71. The van der Waals surface area contributed by atoms with E-state index in [1.807, 2.05) is 0 Å². The van der Waals surface area contributed by atoms with E-state index in [9.17, 15) is 4.79 Å². The Morgan fingerprint density at radius 3 is 2.22 bits per heavy atom. The summed E-state index contributed by atoms with van der Waals surface area (Å²) in [5.41, 5.74) is 8.83. The fourth-order valence-electron chi connectivity index (χ4n) is 2.32. The summed E-state index contributed by atoms with van der Waals surface area (Å²) in [6.07, 6.45) is 3.70. The van der Waals surface area contributed by atoms with Gasteiger partial charge in [0.15, 0.2) is 0 Å². The van der Waals surface area contributed by atoms with Gasteiger partial charge in [0.2, 0.25) is 5.91 Å². The number of benzene rings is 1. The SMILES string of the molecule is CCc1cccc(CC)c1NC(=O)C1(CN)CC1. The van der Waals surface area contributed by atoms with E-state index in [1.165, 1.54) is 11.1 Å². The molecule has 0 heterocycles. The van der Waals surface area contributed by atoms with E-state index in [0.29, 0.717) is 6.54 Å². The maximum absolute atomic E-state index is 12.3. The van der Waals surface area contributed by atoms with Crippen LogP contribution in [0.4, 0.5) is 5.69 Å². The Balaban J connectivity index is 2.25. The fourth-order valence-corrected chi connectivity index (χ4v) is 2.32. The second kappa shape index (κ2) is 5.11. The smallest absolute Gasteiger partial charge is 0.231 e. The lowest BCUT2D eigenvalue weighted by Gasteiger charge is -2.18. The van der Waals surface area contributed by atoms with Gasteiger partial charge in [-0.2, -0.15) is 0 Å². The molecule has 0 bridgehead atoms. The average Bonchev–Trinajstić information content (AvgIpc) is 3.20. The van der Waals surface area contributed by atoms with Crippen LogP contribution in [0, 0.1) is 5.41 Å². The molecular formula is C15H22N2O.